The number of anilines is 1. The van der Waals surface area contributed by atoms with Gasteiger partial charge >= 0.3 is 0 Å². The lowest BCUT2D eigenvalue weighted by molar-refractivity contribution is 0.102. The van der Waals surface area contributed by atoms with E-state index in [4.69, 9.17) is 0 Å². The summed E-state index contributed by atoms with van der Waals surface area (Å²) >= 11 is 3.42. The molecule has 21 heavy (non-hydrogen) atoms. The van der Waals surface area contributed by atoms with Crippen LogP contribution in [0.3, 0.4) is 0 Å². The zero-order chi connectivity index (χ0) is 14.8. The molecule has 5 heteroatoms. The van der Waals surface area contributed by atoms with Crippen molar-refractivity contribution in [2.45, 2.75) is 0 Å². The number of carbonyl (C=O) groups excluding carboxylic acids is 1. The predicted octanol–water partition coefficient (Wildman–Crippen LogP) is 4.39. The molecule has 0 fully saturated rings. The summed E-state index contributed by atoms with van der Waals surface area (Å²) in [6.45, 7) is 0. The number of nitrogens with one attached hydrogen (secondary N) is 1. The number of pyridine rings is 1. The van der Waals surface area contributed by atoms with Crippen LogP contribution >= 0.6 is 15.9 Å². The number of halogens is 2. The molecule has 1 heterocycles. The minimum Gasteiger partial charge on any atom is -0.322 e. The molecule has 1 amide bonds. The first kappa shape index (κ1) is 13.7. The van der Waals surface area contributed by atoms with E-state index in [9.17, 15) is 9.18 Å². The summed E-state index contributed by atoms with van der Waals surface area (Å²) in [5.41, 5.74) is 0.838. The van der Waals surface area contributed by atoms with Gasteiger partial charge in [-0.1, -0.05) is 28.1 Å². The first-order valence-electron chi connectivity index (χ1n) is 6.23. The van der Waals surface area contributed by atoms with Crippen LogP contribution < -0.4 is 5.32 Å². The molecule has 3 rings (SSSR count). The lowest BCUT2D eigenvalue weighted by Gasteiger charge is -2.07. The Labute approximate surface area is 128 Å². The van der Waals surface area contributed by atoms with Gasteiger partial charge in [-0.25, -0.2) is 4.39 Å². The zero-order valence-electron chi connectivity index (χ0n) is 10.8. The maximum absolute atomic E-state index is 13.1. The first-order chi connectivity index (χ1) is 10.1. The van der Waals surface area contributed by atoms with E-state index in [0.29, 0.717) is 5.69 Å². The van der Waals surface area contributed by atoms with Gasteiger partial charge in [0.05, 0.1) is 11.8 Å². The lowest BCUT2D eigenvalue weighted by Crippen LogP contribution is -2.12. The van der Waals surface area contributed by atoms with Crippen LogP contribution in [-0.2, 0) is 0 Å². The molecule has 3 aromatic rings. The van der Waals surface area contributed by atoms with Gasteiger partial charge in [0.25, 0.3) is 5.91 Å². The Morgan fingerprint density at radius 2 is 1.81 bits per heavy atom. The summed E-state index contributed by atoms with van der Waals surface area (Å²) in [5.74, 6) is -0.926. The molecule has 0 radical (unpaired) electrons. The number of amides is 1. The molecule has 1 N–H and O–H groups in total. The topological polar surface area (TPSA) is 42.0 Å². The number of carbonyl (C=O) groups is 1. The zero-order valence-corrected chi connectivity index (χ0v) is 12.4. The van der Waals surface area contributed by atoms with E-state index in [0.717, 1.165) is 27.5 Å². The number of aromatic nitrogens is 1. The molecule has 0 atom stereocenters. The lowest BCUT2D eigenvalue weighted by atomic mass is 10.1. The third kappa shape index (κ3) is 3.08. The fourth-order valence-electron chi connectivity index (χ4n) is 2.03. The van der Waals surface area contributed by atoms with Crippen LogP contribution in [0.2, 0.25) is 0 Å². The van der Waals surface area contributed by atoms with Gasteiger partial charge in [0.1, 0.15) is 5.82 Å². The van der Waals surface area contributed by atoms with E-state index in [1.165, 1.54) is 6.20 Å². The van der Waals surface area contributed by atoms with Crippen LogP contribution in [0.5, 0.6) is 0 Å². The standard InChI is InChI=1S/C16H10BrFN2O/c17-13-3-1-11-7-15(4-2-10(11)5-13)20-16(21)12-6-14(18)9-19-8-12/h1-9H,(H,20,21). The SMILES string of the molecule is O=C(Nc1ccc2cc(Br)ccc2c1)c1cncc(F)c1. The molecule has 0 spiro atoms. The second-order valence-electron chi connectivity index (χ2n) is 4.55. The Balaban J connectivity index is 1.87. The quantitative estimate of drug-likeness (QED) is 0.749. The summed E-state index contributed by atoms with van der Waals surface area (Å²) in [4.78, 5) is 15.7. The van der Waals surface area contributed by atoms with Crippen molar-refractivity contribution in [3.05, 3.63) is 70.7 Å². The fraction of sp³-hybridized carbons (Fsp3) is 0. The summed E-state index contributed by atoms with van der Waals surface area (Å²) < 4.78 is 14.1. The second kappa shape index (κ2) is 5.61. The Morgan fingerprint density at radius 3 is 2.62 bits per heavy atom. The smallest absolute Gasteiger partial charge is 0.257 e. The monoisotopic (exact) mass is 344 g/mol. The van der Waals surface area contributed by atoms with E-state index >= 15 is 0 Å². The van der Waals surface area contributed by atoms with Gasteiger partial charge in [0.2, 0.25) is 0 Å². The molecule has 0 unspecified atom stereocenters. The molecule has 104 valence electrons. The molecular weight excluding hydrogens is 335 g/mol. The predicted molar refractivity (Wildman–Crippen MR) is 83.8 cm³/mol. The fourth-order valence-corrected chi connectivity index (χ4v) is 2.41. The number of fused-ring (bicyclic) bond motifs is 1. The third-order valence-electron chi connectivity index (χ3n) is 3.03. The van der Waals surface area contributed by atoms with Crippen molar-refractivity contribution in [3.63, 3.8) is 0 Å². The Kier molecular flexibility index (Phi) is 3.66. The molecule has 0 bridgehead atoms. The van der Waals surface area contributed by atoms with Gasteiger partial charge in [-0.15, -0.1) is 0 Å². The molecule has 0 saturated carbocycles. The summed E-state index contributed by atoms with van der Waals surface area (Å²) in [7, 11) is 0. The maximum atomic E-state index is 13.1. The molecule has 0 aliphatic carbocycles. The second-order valence-corrected chi connectivity index (χ2v) is 5.47. The van der Waals surface area contributed by atoms with Crippen molar-refractivity contribution >= 4 is 38.3 Å². The van der Waals surface area contributed by atoms with Gasteiger partial charge in [0, 0.05) is 16.4 Å². The highest BCUT2D eigenvalue weighted by Gasteiger charge is 2.08. The average Bonchev–Trinajstić information content (AvgIpc) is 2.47. The Hall–Kier alpha value is -2.27. The van der Waals surface area contributed by atoms with Crippen molar-refractivity contribution in [2.24, 2.45) is 0 Å². The summed E-state index contributed by atoms with van der Waals surface area (Å²) in [6.07, 6.45) is 2.39. The van der Waals surface area contributed by atoms with Gasteiger partial charge in [-0.2, -0.15) is 0 Å². The number of rotatable bonds is 2. The molecule has 1 aromatic heterocycles. The highest BCUT2D eigenvalue weighted by atomic mass is 79.9. The molecule has 2 aromatic carbocycles. The van der Waals surface area contributed by atoms with E-state index in [-0.39, 0.29) is 5.56 Å². The van der Waals surface area contributed by atoms with E-state index < -0.39 is 11.7 Å². The first-order valence-corrected chi connectivity index (χ1v) is 7.02. The molecule has 0 saturated heterocycles. The van der Waals surface area contributed by atoms with Crippen molar-refractivity contribution in [2.75, 3.05) is 5.32 Å². The van der Waals surface area contributed by atoms with Crippen LogP contribution in [0.1, 0.15) is 10.4 Å². The van der Waals surface area contributed by atoms with Gasteiger partial charge < -0.3 is 5.32 Å². The molecule has 3 nitrogen and oxygen atoms in total. The minimum absolute atomic E-state index is 0.186. The molecule has 0 aliphatic heterocycles. The minimum atomic E-state index is -0.536. The largest absolute Gasteiger partial charge is 0.322 e. The summed E-state index contributed by atoms with van der Waals surface area (Å²) in [5, 5.41) is 4.81. The van der Waals surface area contributed by atoms with E-state index in [1.54, 1.807) is 6.07 Å². The van der Waals surface area contributed by atoms with Crippen molar-refractivity contribution in [1.82, 2.24) is 4.98 Å². The van der Waals surface area contributed by atoms with Crippen LogP contribution in [0.25, 0.3) is 10.8 Å². The van der Waals surface area contributed by atoms with Crippen molar-refractivity contribution in [1.29, 1.82) is 0 Å². The Bertz CT molecular complexity index is 835. The highest BCUT2D eigenvalue weighted by Crippen LogP contribution is 2.23. The van der Waals surface area contributed by atoms with Crippen LogP contribution in [0.15, 0.2) is 59.3 Å². The Morgan fingerprint density at radius 1 is 1.05 bits per heavy atom. The molecule has 0 aliphatic rings. The third-order valence-corrected chi connectivity index (χ3v) is 3.52. The number of nitrogens with zero attached hydrogens (tertiary/aromatic N) is 1. The average molecular weight is 345 g/mol. The number of hydrogen-bond donors (Lipinski definition) is 1. The normalized spacial score (nSPS) is 10.6. The van der Waals surface area contributed by atoms with Crippen LogP contribution in [0, 0.1) is 5.82 Å². The van der Waals surface area contributed by atoms with Crippen LogP contribution in [0.4, 0.5) is 10.1 Å². The number of benzene rings is 2. The summed E-state index contributed by atoms with van der Waals surface area (Å²) in [6, 6.07) is 12.6. The van der Waals surface area contributed by atoms with Crippen LogP contribution in [-0.4, -0.2) is 10.9 Å². The van der Waals surface area contributed by atoms with E-state index in [1.807, 2.05) is 30.3 Å². The number of hydrogen-bond acceptors (Lipinski definition) is 2. The van der Waals surface area contributed by atoms with Crippen molar-refractivity contribution in [3.8, 4) is 0 Å². The molecular formula is C16H10BrFN2O. The van der Waals surface area contributed by atoms with Crippen molar-refractivity contribution < 1.29 is 9.18 Å². The highest BCUT2D eigenvalue weighted by molar-refractivity contribution is 9.10. The van der Waals surface area contributed by atoms with Gasteiger partial charge in [-0.05, 0) is 41.1 Å². The van der Waals surface area contributed by atoms with Gasteiger partial charge in [0.15, 0.2) is 0 Å². The van der Waals surface area contributed by atoms with Gasteiger partial charge in [-0.3, -0.25) is 9.78 Å². The van der Waals surface area contributed by atoms with E-state index in [2.05, 4.69) is 26.2 Å². The maximum Gasteiger partial charge on any atom is 0.257 e.